The quantitative estimate of drug-likeness (QED) is 0.573. The molecule has 0 N–H and O–H groups in total. The maximum absolute atomic E-state index is 5.86. The van der Waals surface area contributed by atoms with E-state index in [4.69, 9.17) is 26.9 Å². The predicted molar refractivity (Wildman–Crippen MR) is 64.8 cm³/mol. The molecule has 0 heterocycles. The molecule has 14 heavy (non-hydrogen) atoms. The summed E-state index contributed by atoms with van der Waals surface area (Å²) in [7, 11) is -1.53. The largest absolute Gasteiger partial charge is 0.494 e. The first-order valence-electron chi connectivity index (χ1n) is 4.66. The number of rotatable bonds is 5. The first-order chi connectivity index (χ1) is 6.70. The van der Waals surface area contributed by atoms with E-state index in [1.165, 1.54) is 0 Å². The molecule has 0 saturated carbocycles. The summed E-state index contributed by atoms with van der Waals surface area (Å²) < 4.78 is 5.53. The number of hydrogen-bond acceptors (Lipinski definition) is 1. The lowest BCUT2D eigenvalue weighted by molar-refractivity contribution is 0.309. The van der Waals surface area contributed by atoms with Gasteiger partial charge in [-0.1, -0.05) is 25.1 Å². The van der Waals surface area contributed by atoms with E-state index in [1.54, 1.807) is 0 Å². The second-order valence-corrected chi connectivity index (χ2v) is 8.56. The number of benzene rings is 1. The van der Waals surface area contributed by atoms with Crippen LogP contribution in [0.1, 0.15) is 13.3 Å². The third kappa shape index (κ3) is 4.36. The van der Waals surface area contributed by atoms with Crippen molar-refractivity contribution in [3.63, 3.8) is 0 Å². The number of halogens is 2. The van der Waals surface area contributed by atoms with Crippen LogP contribution in [0, 0.1) is 0 Å². The minimum Gasteiger partial charge on any atom is -0.494 e. The molecule has 0 spiro atoms. The fourth-order valence-corrected chi connectivity index (χ4v) is 2.15. The maximum Gasteiger partial charge on any atom is 0.239 e. The lowest BCUT2D eigenvalue weighted by Gasteiger charge is -2.11. The summed E-state index contributed by atoms with van der Waals surface area (Å²) in [5.41, 5.74) is 0.405. The summed E-state index contributed by atoms with van der Waals surface area (Å²) in [6.45, 7) is 2.76. The number of para-hydroxylation sites is 1. The molecule has 1 aromatic rings. The van der Waals surface area contributed by atoms with E-state index in [1.807, 2.05) is 30.3 Å². The standard InChI is InChI=1S/C10H14Cl2OSi/c1-9(14(11)12)7-8-13-10-5-3-2-4-6-10/h2-6,9,14H,7-8H2,1H3. The van der Waals surface area contributed by atoms with Gasteiger partial charge in [-0.25, -0.2) is 0 Å². The zero-order chi connectivity index (χ0) is 10.4. The van der Waals surface area contributed by atoms with Gasteiger partial charge in [-0.3, -0.25) is 0 Å². The second-order valence-electron chi connectivity index (χ2n) is 3.26. The van der Waals surface area contributed by atoms with Crippen LogP contribution in [0.2, 0.25) is 5.54 Å². The Balaban J connectivity index is 2.22. The predicted octanol–water partition coefficient (Wildman–Crippen LogP) is 3.54. The summed E-state index contributed by atoms with van der Waals surface area (Å²) in [6, 6.07) is 9.77. The fourth-order valence-electron chi connectivity index (χ4n) is 1.01. The van der Waals surface area contributed by atoms with Gasteiger partial charge in [-0.2, -0.15) is 22.2 Å². The molecule has 4 heteroatoms. The van der Waals surface area contributed by atoms with Crippen LogP contribution in [-0.2, 0) is 0 Å². The van der Waals surface area contributed by atoms with E-state index < -0.39 is 7.42 Å². The molecule has 0 aliphatic rings. The molecule has 0 amide bonds. The molecule has 0 bridgehead atoms. The Labute approximate surface area is 96.0 Å². The minimum atomic E-state index is -1.53. The van der Waals surface area contributed by atoms with Crippen molar-refractivity contribution in [3.05, 3.63) is 30.3 Å². The summed E-state index contributed by atoms with van der Waals surface area (Å²) in [4.78, 5) is 0. The molecule has 0 radical (unpaired) electrons. The Kier molecular flexibility index (Phi) is 5.37. The lowest BCUT2D eigenvalue weighted by atomic mass is 10.3. The Morgan fingerprint density at radius 1 is 1.29 bits per heavy atom. The summed E-state index contributed by atoms with van der Waals surface area (Å²) in [6.07, 6.45) is 0.929. The van der Waals surface area contributed by atoms with Crippen molar-refractivity contribution in [1.82, 2.24) is 0 Å². The van der Waals surface area contributed by atoms with E-state index in [0.717, 1.165) is 12.2 Å². The molecule has 0 aliphatic carbocycles. The van der Waals surface area contributed by atoms with Crippen molar-refractivity contribution in [2.75, 3.05) is 6.61 Å². The van der Waals surface area contributed by atoms with Gasteiger partial charge in [0.05, 0.1) is 6.61 Å². The smallest absolute Gasteiger partial charge is 0.239 e. The van der Waals surface area contributed by atoms with Gasteiger partial charge in [0.2, 0.25) is 7.42 Å². The monoisotopic (exact) mass is 248 g/mol. The van der Waals surface area contributed by atoms with Gasteiger partial charge in [-0.05, 0) is 24.1 Å². The van der Waals surface area contributed by atoms with Crippen molar-refractivity contribution in [1.29, 1.82) is 0 Å². The third-order valence-corrected chi connectivity index (χ3v) is 5.79. The lowest BCUT2D eigenvalue weighted by Crippen LogP contribution is -2.08. The van der Waals surface area contributed by atoms with Gasteiger partial charge < -0.3 is 4.74 Å². The molecule has 0 saturated heterocycles. The molecule has 1 rings (SSSR count). The van der Waals surface area contributed by atoms with Crippen LogP contribution < -0.4 is 4.74 Å². The molecule has 1 unspecified atom stereocenters. The van der Waals surface area contributed by atoms with E-state index in [-0.39, 0.29) is 0 Å². The Bertz CT molecular complexity index is 254. The average Bonchev–Trinajstić information content (AvgIpc) is 2.19. The van der Waals surface area contributed by atoms with E-state index >= 15 is 0 Å². The summed E-state index contributed by atoms with van der Waals surface area (Å²) in [5.74, 6) is 0.905. The van der Waals surface area contributed by atoms with Crippen LogP contribution in [-0.4, -0.2) is 14.0 Å². The normalized spacial score (nSPS) is 12.9. The topological polar surface area (TPSA) is 9.23 Å². The van der Waals surface area contributed by atoms with Crippen molar-refractivity contribution in [2.45, 2.75) is 18.9 Å². The van der Waals surface area contributed by atoms with Gasteiger partial charge in [0.25, 0.3) is 0 Å². The highest BCUT2D eigenvalue weighted by atomic mass is 35.7. The molecular weight excluding hydrogens is 235 g/mol. The van der Waals surface area contributed by atoms with Gasteiger partial charge >= 0.3 is 0 Å². The molecule has 1 atom stereocenters. The third-order valence-electron chi connectivity index (χ3n) is 2.02. The highest BCUT2D eigenvalue weighted by molar-refractivity contribution is 7.34. The van der Waals surface area contributed by atoms with E-state index in [0.29, 0.717) is 12.1 Å². The van der Waals surface area contributed by atoms with Crippen molar-refractivity contribution in [2.24, 2.45) is 0 Å². The van der Waals surface area contributed by atoms with Crippen LogP contribution in [0.5, 0.6) is 5.75 Å². The molecule has 0 aromatic heterocycles. The average molecular weight is 249 g/mol. The van der Waals surface area contributed by atoms with Gasteiger partial charge in [0.1, 0.15) is 5.75 Å². The highest BCUT2D eigenvalue weighted by Crippen LogP contribution is 2.20. The maximum atomic E-state index is 5.86. The molecular formula is C10H14Cl2OSi. The van der Waals surface area contributed by atoms with Gasteiger partial charge in [-0.15, -0.1) is 0 Å². The summed E-state index contributed by atoms with van der Waals surface area (Å²) >= 11 is 11.7. The van der Waals surface area contributed by atoms with Crippen molar-refractivity contribution in [3.8, 4) is 5.75 Å². The first-order valence-corrected chi connectivity index (χ1v) is 8.82. The van der Waals surface area contributed by atoms with Crippen molar-refractivity contribution < 1.29 is 4.74 Å². The van der Waals surface area contributed by atoms with Crippen molar-refractivity contribution >= 4 is 29.6 Å². The van der Waals surface area contributed by atoms with Crippen LogP contribution in [0.4, 0.5) is 0 Å². The van der Waals surface area contributed by atoms with E-state index in [2.05, 4.69) is 6.92 Å². The Hall–Kier alpha value is -0.183. The molecule has 1 aromatic carbocycles. The number of hydrogen-bond donors (Lipinski definition) is 0. The molecule has 78 valence electrons. The summed E-state index contributed by atoms with van der Waals surface area (Å²) in [5, 5.41) is 0. The Morgan fingerprint density at radius 3 is 2.50 bits per heavy atom. The number of ether oxygens (including phenoxy) is 1. The van der Waals surface area contributed by atoms with Gasteiger partial charge in [0, 0.05) is 0 Å². The minimum absolute atomic E-state index is 0.405. The second kappa shape index (κ2) is 6.33. The zero-order valence-corrected chi connectivity index (χ0v) is 10.8. The SMILES string of the molecule is CC(CCOc1ccccc1)[SiH](Cl)Cl. The Morgan fingerprint density at radius 2 is 1.93 bits per heavy atom. The molecule has 0 aliphatic heterocycles. The van der Waals surface area contributed by atoms with Crippen LogP contribution in [0.3, 0.4) is 0 Å². The zero-order valence-electron chi connectivity index (χ0n) is 8.12. The van der Waals surface area contributed by atoms with Crippen LogP contribution in [0.25, 0.3) is 0 Å². The first kappa shape index (κ1) is 11.9. The highest BCUT2D eigenvalue weighted by Gasteiger charge is 2.13. The van der Waals surface area contributed by atoms with Crippen LogP contribution >= 0.6 is 22.2 Å². The molecule has 0 fully saturated rings. The molecule has 1 nitrogen and oxygen atoms in total. The van der Waals surface area contributed by atoms with Gasteiger partial charge in [0.15, 0.2) is 0 Å². The van der Waals surface area contributed by atoms with E-state index in [9.17, 15) is 0 Å². The fraction of sp³-hybridized carbons (Fsp3) is 0.400. The van der Waals surface area contributed by atoms with Crippen LogP contribution in [0.15, 0.2) is 30.3 Å².